The van der Waals surface area contributed by atoms with Crippen LogP contribution in [0.3, 0.4) is 0 Å². The molecular weight excluding hydrogens is 309 g/mol. The average Bonchev–Trinajstić information content (AvgIpc) is 3.04. The molecule has 0 amide bonds. The minimum Gasteiger partial charge on any atom is -0.394 e. The number of hydrogen-bond donors (Lipinski definition) is 2. The highest BCUT2D eigenvalue weighted by molar-refractivity contribution is 5.20. The van der Waals surface area contributed by atoms with Crippen LogP contribution in [-0.2, 0) is 6.54 Å². The van der Waals surface area contributed by atoms with Crippen molar-refractivity contribution in [2.24, 2.45) is 0 Å². The zero-order valence-corrected chi connectivity index (χ0v) is 13.7. The second-order valence-corrected chi connectivity index (χ2v) is 6.32. The number of hydrogen-bond acceptors (Lipinski definition) is 4. The number of likely N-dealkylation sites (tertiary alicyclic amines) is 1. The quantitative estimate of drug-likeness (QED) is 0.848. The summed E-state index contributed by atoms with van der Waals surface area (Å²) in [5.41, 5.74) is 1.53. The number of benzene rings is 1. The van der Waals surface area contributed by atoms with Crippen LogP contribution in [0, 0.1) is 5.82 Å². The molecule has 0 aliphatic carbocycles. The van der Waals surface area contributed by atoms with Gasteiger partial charge in [-0.25, -0.2) is 4.39 Å². The molecule has 0 radical (unpaired) electrons. The third-order valence-electron chi connectivity index (χ3n) is 4.76. The minimum absolute atomic E-state index is 0.0857. The summed E-state index contributed by atoms with van der Waals surface area (Å²) in [5, 5.41) is 23.7. The molecular formula is C18H24FN3O2. The van der Waals surface area contributed by atoms with Gasteiger partial charge in [-0.05, 0) is 38.1 Å². The van der Waals surface area contributed by atoms with Gasteiger partial charge in [0.2, 0.25) is 0 Å². The van der Waals surface area contributed by atoms with Crippen LogP contribution < -0.4 is 0 Å². The lowest BCUT2D eigenvalue weighted by Crippen LogP contribution is -2.36. The van der Waals surface area contributed by atoms with E-state index in [0.29, 0.717) is 24.6 Å². The van der Waals surface area contributed by atoms with Gasteiger partial charge in [0, 0.05) is 29.9 Å². The van der Waals surface area contributed by atoms with Crippen molar-refractivity contribution in [2.45, 2.75) is 31.4 Å². The van der Waals surface area contributed by atoms with E-state index in [4.69, 9.17) is 5.11 Å². The molecule has 0 bridgehead atoms. The van der Waals surface area contributed by atoms with Crippen LogP contribution in [0.5, 0.6) is 0 Å². The fourth-order valence-electron chi connectivity index (χ4n) is 3.47. The Morgan fingerprint density at radius 3 is 2.67 bits per heavy atom. The molecule has 1 aromatic carbocycles. The summed E-state index contributed by atoms with van der Waals surface area (Å²) in [6.07, 6.45) is 2.92. The molecule has 6 heteroatoms. The van der Waals surface area contributed by atoms with Gasteiger partial charge in [-0.2, -0.15) is 5.10 Å². The normalized spacial score (nSPS) is 18.0. The van der Waals surface area contributed by atoms with Crippen molar-refractivity contribution >= 4 is 0 Å². The van der Waals surface area contributed by atoms with E-state index < -0.39 is 6.10 Å². The fraction of sp³-hybridized carbons (Fsp3) is 0.500. The minimum atomic E-state index is -0.803. The largest absolute Gasteiger partial charge is 0.394 e. The van der Waals surface area contributed by atoms with E-state index in [1.165, 1.54) is 11.8 Å². The van der Waals surface area contributed by atoms with Crippen LogP contribution in [0.1, 0.15) is 36.1 Å². The van der Waals surface area contributed by atoms with Crippen LogP contribution in [0.15, 0.2) is 36.5 Å². The number of β-amino-alcohol motifs (C(OH)–C–C–N with tert-alkyl or cyclic N) is 1. The Morgan fingerprint density at radius 2 is 1.96 bits per heavy atom. The first-order chi connectivity index (χ1) is 11.7. The lowest BCUT2D eigenvalue weighted by atomic mass is 9.93. The lowest BCUT2D eigenvalue weighted by molar-refractivity contribution is 0.0939. The van der Waals surface area contributed by atoms with Gasteiger partial charge < -0.3 is 15.1 Å². The summed E-state index contributed by atoms with van der Waals surface area (Å²) < 4.78 is 15.6. The Bertz CT molecular complexity index is 653. The van der Waals surface area contributed by atoms with Crippen molar-refractivity contribution in [3.63, 3.8) is 0 Å². The predicted octanol–water partition coefficient (Wildman–Crippen LogP) is 1.93. The van der Waals surface area contributed by atoms with Gasteiger partial charge in [0.05, 0.1) is 19.3 Å². The third kappa shape index (κ3) is 3.83. The Morgan fingerprint density at radius 1 is 1.21 bits per heavy atom. The third-order valence-corrected chi connectivity index (χ3v) is 4.76. The second-order valence-electron chi connectivity index (χ2n) is 6.32. The Labute approximate surface area is 141 Å². The summed E-state index contributed by atoms with van der Waals surface area (Å²) in [6, 6.07) is 8.42. The molecule has 3 rings (SSSR count). The van der Waals surface area contributed by atoms with E-state index >= 15 is 0 Å². The molecule has 1 fully saturated rings. The number of aliphatic hydroxyl groups is 2. The van der Waals surface area contributed by atoms with E-state index in [-0.39, 0.29) is 12.4 Å². The zero-order chi connectivity index (χ0) is 16.9. The van der Waals surface area contributed by atoms with Crippen molar-refractivity contribution in [1.29, 1.82) is 0 Å². The summed E-state index contributed by atoms with van der Waals surface area (Å²) in [5.74, 6) is 0.0636. The number of aromatic nitrogens is 2. The predicted molar refractivity (Wildman–Crippen MR) is 89.1 cm³/mol. The molecule has 2 N–H and O–H groups in total. The van der Waals surface area contributed by atoms with Gasteiger partial charge >= 0.3 is 0 Å². The second kappa shape index (κ2) is 7.88. The van der Waals surface area contributed by atoms with Crippen LogP contribution >= 0.6 is 0 Å². The van der Waals surface area contributed by atoms with E-state index in [1.807, 2.05) is 10.7 Å². The van der Waals surface area contributed by atoms with Gasteiger partial charge in [0.15, 0.2) is 0 Å². The maximum atomic E-state index is 13.8. The van der Waals surface area contributed by atoms with E-state index in [1.54, 1.807) is 24.4 Å². The van der Waals surface area contributed by atoms with Gasteiger partial charge in [0.1, 0.15) is 5.82 Å². The first-order valence-electron chi connectivity index (χ1n) is 8.46. The van der Waals surface area contributed by atoms with Crippen LogP contribution in [-0.4, -0.2) is 51.1 Å². The maximum Gasteiger partial charge on any atom is 0.129 e. The monoisotopic (exact) mass is 333 g/mol. The van der Waals surface area contributed by atoms with Gasteiger partial charge in [-0.1, -0.05) is 18.2 Å². The summed E-state index contributed by atoms with van der Waals surface area (Å²) in [7, 11) is 0. The summed E-state index contributed by atoms with van der Waals surface area (Å²) in [4.78, 5) is 2.18. The Balaban J connectivity index is 1.55. The smallest absolute Gasteiger partial charge is 0.129 e. The number of aliphatic hydroxyl groups excluding tert-OH is 2. The number of halogens is 1. The van der Waals surface area contributed by atoms with Gasteiger partial charge in [-0.3, -0.25) is 4.68 Å². The molecule has 0 saturated carbocycles. The molecule has 5 nitrogen and oxygen atoms in total. The van der Waals surface area contributed by atoms with Gasteiger partial charge in [0.25, 0.3) is 0 Å². The van der Waals surface area contributed by atoms with Crippen molar-refractivity contribution in [3.8, 4) is 0 Å². The summed E-state index contributed by atoms with van der Waals surface area (Å²) in [6.45, 7) is 2.78. The van der Waals surface area contributed by atoms with E-state index in [2.05, 4.69) is 10.00 Å². The van der Waals surface area contributed by atoms with Crippen LogP contribution in [0.2, 0.25) is 0 Å². The van der Waals surface area contributed by atoms with E-state index in [9.17, 15) is 9.50 Å². The molecule has 1 aromatic heterocycles. The molecule has 0 spiro atoms. The fourth-order valence-corrected chi connectivity index (χ4v) is 3.47. The highest BCUT2D eigenvalue weighted by atomic mass is 19.1. The molecule has 0 unspecified atom stereocenters. The number of piperidine rings is 1. The Hall–Kier alpha value is -1.76. The topological polar surface area (TPSA) is 61.5 Å². The molecule has 1 aliphatic heterocycles. The van der Waals surface area contributed by atoms with Crippen LogP contribution in [0.25, 0.3) is 0 Å². The van der Waals surface area contributed by atoms with E-state index in [0.717, 1.165) is 25.9 Å². The molecule has 1 saturated heterocycles. The molecule has 130 valence electrons. The first-order valence-corrected chi connectivity index (χ1v) is 8.46. The van der Waals surface area contributed by atoms with Crippen LogP contribution in [0.4, 0.5) is 4.39 Å². The first kappa shape index (κ1) is 17.1. The zero-order valence-electron chi connectivity index (χ0n) is 13.7. The van der Waals surface area contributed by atoms with Crippen molar-refractivity contribution in [3.05, 3.63) is 53.6 Å². The van der Waals surface area contributed by atoms with Gasteiger partial charge in [-0.15, -0.1) is 0 Å². The maximum absolute atomic E-state index is 13.8. The van der Waals surface area contributed by atoms with Crippen molar-refractivity contribution in [2.75, 3.05) is 26.2 Å². The Kier molecular flexibility index (Phi) is 5.60. The number of rotatable bonds is 6. The number of nitrogens with zero attached hydrogens (tertiary/aromatic N) is 3. The van der Waals surface area contributed by atoms with Crippen molar-refractivity contribution < 1.29 is 14.6 Å². The summed E-state index contributed by atoms with van der Waals surface area (Å²) >= 11 is 0. The average molecular weight is 333 g/mol. The highest BCUT2D eigenvalue weighted by Gasteiger charge is 2.25. The molecule has 2 aromatic rings. The molecule has 1 aliphatic rings. The molecule has 2 heterocycles. The molecule has 1 atom stereocenters. The lowest BCUT2D eigenvalue weighted by Gasteiger charge is -2.33. The van der Waals surface area contributed by atoms with Crippen molar-refractivity contribution in [1.82, 2.24) is 14.7 Å². The SMILES string of the molecule is OCCn1nccc1C1CCN(C[C@@H](O)c2ccccc2F)CC1. The molecule has 24 heavy (non-hydrogen) atoms. The standard InChI is InChI=1S/C18H24FN3O2/c19-16-4-2-1-3-15(16)18(24)13-21-9-6-14(7-10-21)17-5-8-20-22(17)11-12-23/h1-5,8,14,18,23-24H,6-7,9-13H2/t18-/m1/s1. The highest BCUT2D eigenvalue weighted by Crippen LogP contribution is 2.29.